The molecule has 0 spiro atoms. The smallest absolute Gasteiger partial charge is 0.303 e. The first kappa shape index (κ1) is 23.0. The highest BCUT2D eigenvalue weighted by atomic mass is 35.5. The number of hydrogen-bond acceptors (Lipinski definition) is 5. The molecule has 170 valence electrons. The molecule has 1 N–H and O–H groups in total. The maximum absolute atomic E-state index is 13.1. The van der Waals surface area contributed by atoms with Gasteiger partial charge in [-0.3, -0.25) is 14.4 Å². The van der Waals surface area contributed by atoms with E-state index in [1.807, 2.05) is 13.0 Å². The molecular formula is C24H30Cl2O5. The average Bonchev–Trinajstić information content (AvgIpc) is 2.94. The Balaban J connectivity index is 1.74. The Morgan fingerprint density at radius 1 is 1.26 bits per heavy atom. The zero-order valence-electron chi connectivity index (χ0n) is 18.4. The molecule has 0 bridgehead atoms. The van der Waals surface area contributed by atoms with Crippen molar-refractivity contribution in [2.75, 3.05) is 6.61 Å². The number of ketones is 2. The van der Waals surface area contributed by atoms with Gasteiger partial charge in [0.25, 0.3) is 0 Å². The largest absolute Gasteiger partial charge is 0.458 e. The van der Waals surface area contributed by atoms with Crippen molar-refractivity contribution in [1.82, 2.24) is 0 Å². The summed E-state index contributed by atoms with van der Waals surface area (Å²) in [4.78, 5) is 35.4. The number of fused-ring (bicyclic) bond motifs is 5. The van der Waals surface area contributed by atoms with Gasteiger partial charge in [-0.1, -0.05) is 26.8 Å². The molecule has 0 heterocycles. The number of rotatable bonds is 3. The Morgan fingerprint density at radius 2 is 1.94 bits per heavy atom. The summed E-state index contributed by atoms with van der Waals surface area (Å²) in [6.07, 6.45) is 5.72. The molecule has 4 rings (SSSR count). The van der Waals surface area contributed by atoms with Crippen LogP contribution in [0.25, 0.3) is 0 Å². The molecule has 0 aromatic carbocycles. The molecule has 0 radical (unpaired) electrons. The lowest BCUT2D eigenvalue weighted by atomic mass is 9.46. The summed E-state index contributed by atoms with van der Waals surface area (Å²) in [7, 11) is 0. The fourth-order valence-corrected chi connectivity index (χ4v) is 8.49. The Kier molecular flexibility index (Phi) is 5.51. The van der Waals surface area contributed by atoms with E-state index in [4.69, 9.17) is 27.9 Å². The van der Waals surface area contributed by atoms with Gasteiger partial charge in [-0.2, -0.15) is 0 Å². The molecule has 3 saturated carbocycles. The minimum Gasteiger partial charge on any atom is -0.458 e. The maximum atomic E-state index is 13.1. The number of carbonyl (C=O) groups is 3. The van der Waals surface area contributed by atoms with Crippen LogP contribution < -0.4 is 0 Å². The van der Waals surface area contributed by atoms with Gasteiger partial charge in [0.05, 0.1) is 16.4 Å². The van der Waals surface area contributed by atoms with E-state index in [1.165, 1.54) is 13.0 Å². The molecule has 0 saturated heterocycles. The number of aliphatic hydroxyl groups is 1. The van der Waals surface area contributed by atoms with Gasteiger partial charge in [-0.25, -0.2) is 0 Å². The zero-order valence-corrected chi connectivity index (χ0v) is 19.9. The van der Waals surface area contributed by atoms with Gasteiger partial charge in [0.1, 0.15) is 6.61 Å². The second kappa shape index (κ2) is 7.43. The van der Waals surface area contributed by atoms with Crippen molar-refractivity contribution in [2.24, 2.45) is 34.5 Å². The number of carbonyl (C=O) groups excluding carboxylic acids is 3. The van der Waals surface area contributed by atoms with Crippen LogP contribution in [0.4, 0.5) is 0 Å². The quantitative estimate of drug-likeness (QED) is 0.502. The van der Waals surface area contributed by atoms with Gasteiger partial charge in [0.15, 0.2) is 11.6 Å². The first-order chi connectivity index (χ1) is 14.4. The summed E-state index contributed by atoms with van der Waals surface area (Å²) in [5.74, 6) is -0.985. The van der Waals surface area contributed by atoms with E-state index in [0.717, 1.165) is 12.0 Å². The molecule has 9 atom stereocenters. The highest BCUT2D eigenvalue weighted by Crippen LogP contribution is 2.70. The van der Waals surface area contributed by atoms with Crippen LogP contribution in [0.1, 0.15) is 47.0 Å². The summed E-state index contributed by atoms with van der Waals surface area (Å²) in [6.45, 7) is 7.12. The van der Waals surface area contributed by atoms with E-state index >= 15 is 0 Å². The van der Waals surface area contributed by atoms with Gasteiger partial charge in [0.2, 0.25) is 0 Å². The van der Waals surface area contributed by atoms with Crippen molar-refractivity contribution in [3.63, 3.8) is 0 Å². The topological polar surface area (TPSA) is 80.7 Å². The number of ether oxygens (including phenoxy) is 1. The minimum absolute atomic E-state index is 0.0753. The molecular weight excluding hydrogens is 439 g/mol. The Bertz CT molecular complexity index is 896. The fraction of sp³-hybridized carbons (Fsp3) is 0.708. The number of aliphatic hydroxyl groups excluding tert-OH is 1. The third-order valence-corrected chi connectivity index (χ3v) is 10.1. The third kappa shape index (κ3) is 3.10. The lowest BCUT2D eigenvalue weighted by molar-refractivity contribution is -0.151. The Hall–Kier alpha value is -1.17. The summed E-state index contributed by atoms with van der Waals surface area (Å²) in [5, 5.41) is 11.2. The second-order valence-corrected chi connectivity index (χ2v) is 11.5. The van der Waals surface area contributed by atoms with Gasteiger partial charge in [-0.15, -0.1) is 23.2 Å². The van der Waals surface area contributed by atoms with Crippen LogP contribution in [0.15, 0.2) is 23.8 Å². The van der Waals surface area contributed by atoms with Crippen LogP contribution in [0.3, 0.4) is 0 Å². The molecule has 0 aromatic heterocycles. The van der Waals surface area contributed by atoms with Crippen molar-refractivity contribution in [3.8, 4) is 0 Å². The number of alkyl halides is 2. The fourth-order valence-electron chi connectivity index (χ4n) is 7.52. The molecule has 0 aromatic rings. The van der Waals surface area contributed by atoms with Crippen molar-refractivity contribution in [1.29, 1.82) is 0 Å². The molecule has 7 heteroatoms. The van der Waals surface area contributed by atoms with Crippen LogP contribution >= 0.6 is 23.2 Å². The molecule has 3 fully saturated rings. The standard InChI is InChI=1S/C24H30Cl2O5/c1-12-7-15-16-9-18(25)17-8-14(28)5-6-23(17,4)24(16,26)20(30)10-22(15,3)21(12)19(29)11-31-13(2)27/h5-6,8,12,15-16,18,20-21,30H,7,9-11H2,1-4H3/t12-,15+,16+,18+,20+,21-,22+,23+,24?/m1/s1. The molecule has 31 heavy (non-hydrogen) atoms. The highest BCUT2D eigenvalue weighted by molar-refractivity contribution is 6.28. The molecule has 0 amide bonds. The molecule has 0 aliphatic heterocycles. The summed E-state index contributed by atoms with van der Waals surface area (Å²) >= 11 is 14.2. The van der Waals surface area contributed by atoms with E-state index in [2.05, 4.69) is 13.8 Å². The number of allylic oxidation sites excluding steroid dienone is 4. The molecule has 4 aliphatic carbocycles. The normalized spacial score (nSPS) is 48.4. The van der Waals surface area contributed by atoms with Crippen LogP contribution in [-0.2, 0) is 19.1 Å². The number of hydrogen-bond donors (Lipinski definition) is 1. The monoisotopic (exact) mass is 468 g/mol. The van der Waals surface area contributed by atoms with E-state index in [9.17, 15) is 19.5 Å². The lowest BCUT2D eigenvalue weighted by Crippen LogP contribution is -2.67. The predicted molar refractivity (Wildman–Crippen MR) is 118 cm³/mol. The highest BCUT2D eigenvalue weighted by Gasteiger charge is 2.71. The molecule has 4 aliphatic rings. The van der Waals surface area contributed by atoms with Gasteiger partial charge < -0.3 is 9.84 Å². The number of esters is 1. The van der Waals surface area contributed by atoms with Crippen molar-refractivity contribution in [2.45, 2.75) is 63.3 Å². The van der Waals surface area contributed by atoms with Crippen molar-refractivity contribution >= 4 is 40.7 Å². The van der Waals surface area contributed by atoms with E-state index < -0.39 is 27.8 Å². The molecule has 1 unspecified atom stereocenters. The number of halogens is 2. The SMILES string of the molecule is CC(=O)OCC(=O)[C@H]1[C@H](C)C[C@H]2[C@@H]3C[C@H](Cl)C4=CC(=O)C=C[C@]4(C)C3(Cl)[C@@H](O)C[C@@]21C. The summed E-state index contributed by atoms with van der Waals surface area (Å²) in [6, 6.07) is 0. The lowest BCUT2D eigenvalue weighted by Gasteiger charge is -2.64. The first-order valence-corrected chi connectivity index (χ1v) is 11.8. The van der Waals surface area contributed by atoms with Crippen LogP contribution in [-0.4, -0.2) is 45.6 Å². The van der Waals surface area contributed by atoms with Crippen LogP contribution in [0.5, 0.6) is 0 Å². The van der Waals surface area contributed by atoms with Crippen LogP contribution in [0, 0.1) is 34.5 Å². The second-order valence-electron chi connectivity index (χ2n) is 10.4. The summed E-state index contributed by atoms with van der Waals surface area (Å²) < 4.78 is 5.01. The van der Waals surface area contributed by atoms with E-state index in [0.29, 0.717) is 12.8 Å². The van der Waals surface area contributed by atoms with E-state index in [-0.39, 0.29) is 47.2 Å². The average molecular weight is 469 g/mol. The van der Waals surface area contributed by atoms with Crippen LogP contribution in [0.2, 0.25) is 0 Å². The van der Waals surface area contributed by atoms with E-state index in [1.54, 1.807) is 6.08 Å². The van der Waals surface area contributed by atoms with Crippen molar-refractivity contribution in [3.05, 3.63) is 23.8 Å². The first-order valence-electron chi connectivity index (χ1n) is 11.0. The van der Waals surface area contributed by atoms with Crippen molar-refractivity contribution < 1.29 is 24.2 Å². The van der Waals surface area contributed by atoms with Gasteiger partial charge in [0, 0.05) is 18.3 Å². The minimum atomic E-state index is -1.01. The number of Topliss-reactive ketones (excluding diaryl/α,β-unsaturated/α-hetero) is 1. The van der Waals surface area contributed by atoms with Gasteiger partial charge >= 0.3 is 5.97 Å². The third-order valence-electron chi connectivity index (χ3n) is 8.73. The van der Waals surface area contributed by atoms with Gasteiger partial charge in [-0.05, 0) is 60.2 Å². The molecule has 5 nitrogen and oxygen atoms in total. The predicted octanol–water partition coefficient (Wildman–Crippen LogP) is 3.84. The maximum Gasteiger partial charge on any atom is 0.303 e. The zero-order chi connectivity index (χ0) is 22.9. The Labute approximate surface area is 193 Å². The summed E-state index contributed by atoms with van der Waals surface area (Å²) in [5.41, 5.74) is -0.451. The Morgan fingerprint density at radius 3 is 2.58 bits per heavy atom.